The van der Waals surface area contributed by atoms with Crippen molar-refractivity contribution in [3.8, 4) is 0 Å². The number of benzene rings is 2. The second kappa shape index (κ2) is 7.68. The van der Waals surface area contributed by atoms with Crippen molar-refractivity contribution in [2.75, 3.05) is 32.4 Å². The third kappa shape index (κ3) is 3.71. The zero-order valence-corrected chi connectivity index (χ0v) is 16.9. The largest absolute Gasteiger partial charge is 0.342 e. The predicted octanol–water partition coefficient (Wildman–Crippen LogP) is 2.61. The molecule has 28 heavy (non-hydrogen) atoms. The van der Waals surface area contributed by atoms with Crippen LogP contribution in [0.2, 0.25) is 0 Å². The maximum Gasteiger partial charge on any atom is 0.223 e. The zero-order valence-electron chi connectivity index (χ0n) is 16.1. The van der Waals surface area contributed by atoms with Crippen LogP contribution >= 0.6 is 0 Å². The van der Waals surface area contributed by atoms with Crippen LogP contribution in [0.3, 0.4) is 0 Å². The van der Waals surface area contributed by atoms with Gasteiger partial charge < -0.3 is 4.90 Å². The summed E-state index contributed by atoms with van der Waals surface area (Å²) in [5.74, 6) is 0.666. The summed E-state index contributed by atoms with van der Waals surface area (Å²) in [7, 11) is -1.27. The molecule has 0 N–H and O–H groups in total. The highest BCUT2D eigenvalue weighted by molar-refractivity contribution is 7.91. The molecule has 0 unspecified atom stereocenters. The smallest absolute Gasteiger partial charge is 0.223 e. The number of likely N-dealkylation sites (tertiary alicyclic amines) is 2. The molecule has 1 amide bonds. The summed E-state index contributed by atoms with van der Waals surface area (Å²) in [6.45, 7) is 2.40. The average molecular weight is 399 g/mol. The first-order valence-corrected chi connectivity index (χ1v) is 11.4. The molecule has 2 fully saturated rings. The van der Waals surface area contributed by atoms with Gasteiger partial charge in [0.25, 0.3) is 0 Å². The lowest BCUT2D eigenvalue weighted by Crippen LogP contribution is -2.34. The summed E-state index contributed by atoms with van der Waals surface area (Å²) in [6.07, 6.45) is 0.0442. The van der Waals surface area contributed by atoms with Gasteiger partial charge in [0.15, 0.2) is 9.84 Å². The fourth-order valence-corrected chi connectivity index (χ4v) is 5.99. The number of hydrogen-bond donors (Lipinski definition) is 0. The third-order valence-corrected chi connectivity index (χ3v) is 7.81. The average Bonchev–Trinajstić information content (AvgIpc) is 3.24. The van der Waals surface area contributed by atoms with Gasteiger partial charge in [0.2, 0.25) is 5.91 Å². The lowest BCUT2D eigenvalue weighted by atomic mass is 9.90. The maximum absolute atomic E-state index is 12.7. The van der Waals surface area contributed by atoms with E-state index in [4.69, 9.17) is 0 Å². The summed E-state index contributed by atoms with van der Waals surface area (Å²) < 4.78 is 24.9. The Morgan fingerprint density at radius 2 is 1.61 bits per heavy atom. The molecular formula is C22H26N2O3S. The molecule has 0 aromatic heterocycles. The summed E-state index contributed by atoms with van der Waals surface area (Å²) in [5.41, 5.74) is 1.29. The third-order valence-electron chi connectivity index (χ3n) is 6.08. The van der Waals surface area contributed by atoms with Gasteiger partial charge in [-0.05, 0) is 30.7 Å². The molecule has 148 valence electrons. The Morgan fingerprint density at radius 1 is 0.964 bits per heavy atom. The molecule has 0 spiro atoms. The lowest BCUT2D eigenvalue weighted by molar-refractivity contribution is -0.130. The first-order chi connectivity index (χ1) is 13.5. The highest BCUT2D eigenvalue weighted by Crippen LogP contribution is 2.44. The monoisotopic (exact) mass is 398 g/mol. The Balaban J connectivity index is 1.40. The molecule has 6 heteroatoms. The summed E-state index contributed by atoms with van der Waals surface area (Å²) >= 11 is 0. The highest BCUT2D eigenvalue weighted by Gasteiger charge is 2.47. The quantitative estimate of drug-likeness (QED) is 0.777. The predicted molar refractivity (Wildman–Crippen MR) is 108 cm³/mol. The summed E-state index contributed by atoms with van der Waals surface area (Å²) in [5, 5.41) is 0. The molecule has 2 aliphatic heterocycles. The summed E-state index contributed by atoms with van der Waals surface area (Å²) in [6, 6.07) is 19.1. The van der Waals surface area contributed by atoms with Gasteiger partial charge in [-0.15, -0.1) is 0 Å². The molecule has 0 saturated carbocycles. The van der Waals surface area contributed by atoms with E-state index >= 15 is 0 Å². The van der Waals surface area contributed by atoms with Gasteiger partial charge in [-0.3, -0.25) is 9.69 Å². The van der Waals surface area contributed by atoms with E-state index in [1.54, 1.807) is 30.3 Å². The number of carbonyl (C=O) groups excluding carboxylic acids is 1. The molecule has 2 aliphatic rings. The fourth-order valence-electron chi connectivity index (χ4n) is 4.74. The van der Waals surface area contributed by atoms with Crippen LogP contribution in [0.25, 0.3) is 0 Å². The van der Waals surface area contributed by atoms with Crippen molar-refractivity contribution in [1.29, 1.82) is 0 Å². The zero-order chi connectivity index (χ0) is 19.7. The minimum Gasteiger partial charge on any atom is -0.342 e. The number of fused-ring (bicyclic) bond motifs is 1. The molecule has 2 saturated heterocycles. The van der Waals surface area contributed by atoms with Crippen LogP contribution in [0.15, 0.2) is 65.6 Å². The minimum atomic E-state index is -3.42. The van der Waals surface area contributed by atoms with E-state index in [9.17, 15) is 13.2 Å². The molecule has 2 aromatic rings. The van der Waals surface area contributed by atoms with Gasteiger partial charge in [-0.25, -0.2) is 8.42 Å². The van der Waals surface area contributed by atoms with Crippen LogP contribution in [0.1, 0.15) is 18.0 Å². The number of sulfone groups is 1. The second-order valence-corrected chi connectivity index (χ2v) is 10.0. The molecule has 0 radical (unpaired) electrons. The van der Waals surface area contributed by atoms with Gasteiger partial charge in [-0.2, -0.15) is 0 Å². The van der Waals surface area contributed by atoms with Crippen molar-refractivity contribution in [3.63, 3.8) is 0 Å². The standard InChI is InChI=1S/C22H26N2O3S/c1-23-14-18-15-24(16-20(18)22(23)17-8-4-2-5-9-17)21(25)12-13-28(26,27)19-10-6-3-7-11-19/h2-11,18,20,22H,12-16H2,1H3/t18-,20+,22-/m0/s1. The molecule has 2 aromatic carbocycles. The number of nitrogens with zero attached hydrogens (tertiary/aromatic N) is 2. The topological polar surface area (TPSA) is 57.7 Å². The highest BCUT2D eigenvalue weighted by atomic mass is 32.2. The normalized spacial score (nSPS) is 25.0. The van der Waals surface area contributed by atoms with Crippen molar-refractivity contribution in [2.24, 2.45) is 11.8 Å². The van der Waals surface area contributed by atoms with E-state index in [1.807, 2.05) is 11.0 Å². The molecule has 4 rings (SSSR count). The number of amides is 1. The van der Waals surface area contributed by atoms with Crippen LogP contribution < -0.4 is 0 Å². The Kier molecular flexibility index (Phi) is 5.25. The molecule has 0 bridgehead atoms. The minimum absolute atomic E-state index is 0.0442. The Labute approximate surface area is 166 Å². The van der Waals surface area contributed by atoms with Crippen molar-refractivity contribution >= 4 is 15.7 Å². The Hall–Kier alpha value is -2.18. The van der Waals surface area contributed by atoms with E-state index in [1.165, 1.54) is 5.56 Å². The van der Waals surface area contributed by atoms with Crippen LogP contribution in [0, 0.1) is 11.8 Å². The molecule has 3 atom stereocenters. The van der Waals surface area contributed by atoms with Crippen LogP contribution in [-0.4, -0.2) is 56.6 Å². The van der Waals surface area contributed by atoms with Gasteiger partial charge in [0, 0.05) is 38.0 Å². The van der Waals surface area contributed by atoms with Gasteiger partial charge in [0.1, 0.15) is 0 Å². The Bertz CT molecular complexity index is 931. The van der Waals surface area contributed by atoms with Gasteiger partial charge in [-0.1, -0.05) is 48.5 Å². The Morgan fingerprint density at radius 3 is 2.29 bits per heavy atom. The van der Waals surface area contributed by atoms with E-state index < -0.39 is 9.84 Å². The molecule has 2 heterocycles. The van der Waals surface area contributed by atoms with Gasteiger partial charge in [0.05, 0.1) is 10.6 Å². The first-order valence-electron chi connectivity index (χ1n) is 9.76. The molecular weight excluding hydrogens is 372 g/mol. The molecule has 5 nitrogen and oxygen atoms in total. The number of rotatable bonds is 5. The van der Waals surface area contributed by atoms with E-state index in [-0.39, 0.29) is 23.0 Å². The van der Waals surface area contributed by atoms with Crippen molar-refractivity contribution in [2.45, 2.75) is 17.4 Å². The maximum atomic E-state index is 12.7. The second-order valence-electron chi connectivity index (χ2n) is 7.90. The first kappa shape index (κ1) is 19.2. The van der Waals surface area contributed by atoms with Gasteiger partial charge >= 0.3 is 0 Å². The lowest BCUT2D eigenvalue weighted by Gasteiger charge is -2.27. The van der Waals surface area contributed by atoms with Crippen LogP contribution in [0.5, 0.6) is 0 Å². The fraction of sp³-hybridized carbons (Fsp3) is 0.409. The van der Waals surface area contributed by atoms with Crippen molar-refractivity contribution in [1.82, 2.24) is 9.80 Å². The van der Waals surface area contributed by atoms with Crippen LogP contribution in [-0.2, 0) is 14.6 Å². The van der Waals surface area contributed by atoms with Crippen molar-refractivity contribution in [3.05, 3.63) is 66.2 Å². The van der Waals surface area contributed by atoms with E-state index in [0.29, 0.717) is 24.4 Å². The number of carbonyl (C=O) groups is 1. The summed E-state index contributed by atoms with van der Waals surface area (Å²) in [4.78, 5) is 17.3. The molecule has 0 aliphatic carbocycles. The van der Waals surface area contributed by atoms with E-state index in [0.717, 1.165) is 13.1 Å². The van der Waals surface area contributed by atoms with Crippen molar-refractivity contribution < 1.29 is 13.2 Å². The SMILES string of the molecule is CN1C[C@H]2CN(C(=O)CCS(=O)(=O)c3ccccc3)C[C@H]2[C@@H]1c1ccccc1. The van der Waals surface area contributed by atoms with E-state index in [2.05, 4.69) is 36.2 Å². The van der Waals surface area contributed by atoms with Crippen LogP contribution in [0.4, 0.5) is 0 Å². The number of hydrogen-bond acceptors (Lipinski definition) is 4.